The molecule has 1 fully saturated rings. The first-order chi connectivity index (χ1) is 8.34. The molecule has 1 rings (SSSR count). The zero-order valence-corrected chi connectivity index (χ0v) is 12.8. The van der Waals surface area contributed by atoms with Crippen LogP contribution in [-0.2, 0) is 9.59 Å². The lowest BCUT2D eigenvalue weighted by atomic mass is 9.96. The summed E-state index contributed by atoms with van der Waals surface area (Å²) in [7, 11) is 0. The third kappa shape index (κ3) is 5.78. The monoisotopic (exact) mass is 291 g/mol. The first-order valence-corrected chi connectivity index (χ1v) is 6.62. The molecule has 112 valence electrons. The van der Waals surface area contributed by atoms with E-state index in [-0.39, 0.29) is 36.8 Å². The van der Waals surface area contributed by atoms with E-state index < -0.39 is 5.41 Å². The van der Waals surface area contributed by atoms with Gasteiger partial charge in [0.1, 0.15) is 0 Å². The van der Waals surface area contributed by atoms with Crippen LogP contribution in [0, 0.1) is 11.3 Å². The van der Waals surface area contributed by atoms with Crippen molar-refractivity contribution in [3.05, 3.63) is 0 Å². The molecular formula is C13H26ClN3O2. The lowest BCUT2D eigenvalue weighted by Crippen LogP contribution is -2.46. The van der Waals surface area contributed by atoms with E-state index >= 15 is 0 Å². The van der Waals surface area contributed by atoms with Gasteiger partial charge in [-0.1, -0.05) is 27.2 Å². The van der Waals surface area contributed by atoms with Gasteiger partial charge < -0.3 is 16.4 Å². The lowest BCUT2D eigenvalue weighted by molar-refractivity contribution is -0.131. The van der Waals surface area contributed by atoms with Crippen molar-refractivity contribution in [2.45, 2.75) is 46.1 Å². The summed E-state index contributed by atoms with van der Waals surface area (Å²) >= 11 is 0. The molecule has 2 atom stereocenters. The number of hydrogen-bond acceptors (Lipinski definition) is 3. The van der Waals surface area contributed by atoms with Crippen LogP contribution in [0.5, 0.6) is 0 Å². The van der Waals surface area contributed by atoms with Crippen molar-refractivity contribution in [3.8, 4) is 0 Å². The van der Waals surface area contributed by atoms with Crippen LogP contribution in [-0.4, -0.2) is 30.9 Å². The van der Waals surface area contributed by atoms with Crippen molar-refractivity contribution in [1.82, 2.24) is 10.6 Å². The first-order valence-electron chi connectivity index (χ1n) is 6.62. The average Bonchev–Trinajstić information content (AvgIpc) is 2.71. The maximum Gasteiger partial charge on any atom is 0.239 e. The van der Waals surface area contributed by atoms with E-state index in [1.165, 1.54) is 0 Å². The lowest BCUT2D eigenvalue weighted by Gasteiger charge is -2.21. The smallest absolute Gasteiger partial charge is 0.239 e. The van der Waals surface area contributed by atoms with Crippen LogP contribution in [0.15, 0.2) is 0 Å². The van der Waals surface area contributed by atoms with Gasteiger partial charge in [0, 0.05) is 11.5 Å². The molecule has 0 heterocycles. The highest BCUT2D eigenvalue weighted by Gasteiger charge is 2.27. The van der Waals surface area contributed by atoms with E-state index in [0.29, 0.717) is 12.5 Å². The molecule has 0 bridgehead atoms. The number of carbonyl (C=O) groups excluding carboxylic acids is 2. The molecule has 0 aliphatic heterocycles. The maximum absolute atomic E-state index is 11.7. The van der Waals surface area contributed by atoms with Crippen LogP contribution >= 0.6 is 12.4 Å². The normalized spacial score (nSPS) is 22.5. The molecule has 1 aliphatic carbocycles. The Morgan fingerprint density at radius 2 is 1.89 bits per heavy atom. The van der Waals surface area contributed by atoms with Crippen LogP contribution in [0.3, 0.4) is 0 Å². The molecule has 0 radical (unpaired) electrons. The standard InChI is InChI=1S/C13H25N3O2.ClH/c1-13(2,3)12(18)15-8-11(17)16-10-6-4-5-9(10)7-14;/h9-10H,4-8,14H2,1-3H3,(H,15,18)(H,16,17);1H. The molecule has 0 spiro atoms. The predicted molar refractivity (Wildman–Crippen MR) is 78.0 cm³/mol. The Hall–Kier alpha value is -0.810. The van der Waals surface area contributed by atoms with Crippen LogP contribution in [0.25, 0.3) is 0 Å². The molecule has 0 saturated heterocycles. The fourth-order valence-corrected chi connectivity index (χ4v) is 2.19. The molecule has 2 unspecified atom stereocenters. The Morgan fingerprint density at radius 3 is 2.42 bits per heavy atom. The number of halogens is 1. The minimum atomic E-state index is -0.465. The first kappa shape index (κ1) is 18.2. The second kappa shape index (κ2) is 7.70. The van der Waals surface area contributed by atoms with Gasteiger partial charge in [0.25, 0.3) is 0 Å². The molecule has 19 heavy (non-hydrogen) atoms. The maximum atomic E-state index is 11.7. The van der Waals surface area contributed by atoms with Crippen molar-refractivity contribution in [1.29, 1.82) is 0 Å². The van der Waals surface area contributed by atoms with Crippen molar-refractivity contribution in [2.75, 3.05) is 13.1 Å². The van der Waals surface area contributed by atoms with Gasteiger partial charge in [0.05, 0.1) is 6.54 Å². The summed E-state index contributed by atoms with van der Waals surface area (Å²) in [5.41, 5.74) is 5.19. The molecule has 0 aromatic carbocycles. The highest BCUT2D eigenvalue weighted by molar-refractivity contribution is 5.87. The Morgan fingerprint density at radius 1 is 1.26 bits per heavy atom. The van der Waals surface area contributed by atoms with Gasteiger partial charge in [-0.05, 0) is 25.3 Å². The summed E-state index contributed by atoms with van der Waals surface area (Å²) in [6, 6.07) is 0.175. The Labute approximate surface area is 121 Å². The molecule has 5 nitrogen and oxygen atoms in total. The van der Waals surface area contributed by atoms with E-state index in [2.05, 4.69) is 10.6 Å². The van der Waals surface area contributed by atoms with Crippen molar-refractivity contribution >= 4 is 24.2 Å². The van der Waals surface area contributed by atoms with E-state index in [1.807, 2.05) is 20.8 Å². The SMILES string of the molecule is CC(C)(C)C(=O)NCC(=O)NC1CCCC1CN.Cl. The predicted octanol–water partition coefficient (Wildman–Crippen LogP) is 0.814. The number of hydrogen-bond donors (Lipinski definition) is 3. The minimum Gasteiger partial charge on any atom is -0.352 e. The Kier molecular flexibility index (Phi) is 7.37. The van der Waals surface area contributed by atoms with Gasteiger partial charge >= 0.3 is 0 Å². The second-order valence-corrected chi connectivity index (χ2v) is 6.03. The fourth-order valence-electron chi connectivity index (χ4n) is 2.19. The fraction of sp³-hybridized carbons (Fsp3) is 0.846. The summed E-state index contributed by atoms with van der Waals surface area (Å²) in [5, 5.41) is 5.60. The zero-order valence-electron chi connectivity index (χ0n) is 12.0. The van der Waals surface area contributed by atoms with E-state index in [9.17, 15) is 9.59 Å². The number of amides is 2. The van der Waals surface area contributed by atoms with Gasteiger partial charge in [-0.25, -0.2) is 0 Å². The number of carbonyl (C=O) groups is 2. The molecule has 0 aromatic rings. The molecule has 6 heteroatoms. The average molecular weight is 292 g/mol. The van der Waals surface area contributed by atoms with Crippen LogP contribution in [0.1, 0.15) is 40.0 Å². The van der Waals surface area contributed by atoms with Gasteiger partial charge in [0.2, 0.25) is 11.8 Å². The van der Waals surface area contributed by atoms with Crippen LogP contribution < -0.4 is 16.4 Å². The summed E-state index contributed by atoms with van der Waals surface area (Å²) in [6.07, 6.45) is 3.18. The van der Waals surface area contributed by atoms with E-state index in [4.69, 9.17) is 5.73 Å². The molecular weight excluding hydrogens is 266 g/mol. The van der Waals surface area contributed by atoms with Gasteiger partial charge in [0.15, 0.2) is 0 Å². The van der Waals surface area contributed by atoms with E-state index in [0.717, 1.165) is 19.3 Å². The summed E-state index contributed by atoms with van der Waals surface area (Å²) in [4.78, 5) is 23.3. The highest BCUT2D eigenvalue weighted by atomic mass is 35.5. The minimum absolute atomic E-state index is 0. The number of rotatable bonds is 4. The third-order valence-electron chi connectivity index (χ3n) is 3.40. The largest absolute Gasteiger partial charge is 0.352 e. The Bertz CT molecular complexity index is 316. The Balaban J connectivity index is 0.00000324. The topological polar surface area (TPSA) is 84.2 Å². The highest BCUT2D eigenvalue weighted by Crippen LogP contribution is 2.24. The number of nitrogens with one attached hydrogen (secondary N) is 2. The summed E-state index contributed by atoms with van der Waals surface area (Å²) < 4.78 is 0. The van der Waals surface area contributed by atoms with Crippen LogP contribution in [0.2, 0.25) is 0 Å². The molecule has 1 aliphatic rings. The van der Waals surface area contributed by atoms with Gasteiger partial charge in [-0.2, -0.15) is 0 Å². The molecule has 0 aromatic heterocycles. The van der Waals surface area contributed by atoms with Gasteiger partial charge in [-0.3, -0.25) is 9.59 Å². The number of nitrogens with two attached hydrogens (primary N) is 1. The van der Waals surface area contributed by atoms with Crippen molar-refractivity contribution < 1.29 is 9.59 Å². The molecule has 2 amide bonds. The summed E-state index contributed by atoms with van der Waals surface area (Å²) in [5.74, 6) is 0.143. The third-order valence-corrected chi connectivity index (χ3v) is 3.40. The van der Waals surface area contributed by atoms with E-state index in [1.54, 1.807) is 0 Å². The quantitative estimate of drug-likeness (QED) is 0.717. The molecule has 1 saturated carbocycles. The molecule has 4 N–H and O–H groups in total. The second-order valence-electron chi connectivity index (χ2n) is 6.03. The summed E-state index contributed by atoms with van der Waals surface area (Å²) in [6.45, 7) is 6.12. The van der Waals surface area contributed by atoms with Crippen molar-refractivity contribution in [3.63, 3.8) is 0 Å². The van der Waals surface area contributed by atoms with Crippen molar-refractivity contribution in [2.24, 2.45) is 17.1 Å². The van der Waals surface area contributed by atoms with Crippen LogP contribution in [0.4, 0.5) is 0 Å². The zero-order chi connectivity index (χ0) is 13.8. The van der Waals surface area contributed by atoms with Gasteiger partial charge in [-0.15, -0.1) is 12.4 Å².